The van der Waals surface area contributed by atoms with Crippen LogP contribution >= 0.6 is 0 Å². The van der Waals surface area contributed by atoms with Crippen LogP contribution in [0.1, 0.15) is 57.1 Å². The second kappa shape index (κ2) is 5.66. The molecule has 2 aliphatic heterocycles. The number of nitrogens with zero attached hydrogens (tertiary/aromatic N) is 2. The third kappa shape index (κ3) is 2.86. The van der Waals surface area contributed by atoms with Crippen molar-refractivity contribution in [2.24, 2.45) is 5.41 Å². The number of pyridine rings is 1. The van der Waals surface area contributed by atoms with Crippen LogP contribution in [0.15, 0.2) is 18.3 Å². The molecule has 5 nitrogen and oxygen atoms in total. The summed E-state index contributed by atoms with van der Waals surface area (Å²) in [4.78, 5) is 7.09. The van der Waals surface area contributed by atoms with E-state index in [4.69, 9.17) is 9.47 Å². The monoisotopic (exact) mass is 344 g/mol. The summed E-state index contributed by atoms with van der Waals surface area (Å²) in [5.74, 6) is -0.446. The molecule has 25 heavy (non-hydrogen) atoms. The Labute approximate surface area is 149 Å². The van der Waals surface area contributed by atoms with Crippen LogP contribution in [0.3, 0.4) is 0 Å². The van der Waals surface area contributed by atoms with Crippen LogP contribution in [0.2, 0.25) is 0 Å². The number of aromatic nitrogens is 1. The quantitative estimate of drug-likeness (QED) is 0.894. The number of hydrogen-bond donors (Lipinski definition) is 1. The van der Waals surface area contributed by atoms with E-state index in [0.29, 0.717) is 31.5 Å². The Bertz CT molecular complexity index is 615. The lowest BCUT2D eigenvalue weighted by molar-refractivity contribution is -0.204. The van der Waals surface area contributed by atoms with Crippen molar-refractivity contribution in [2.75, 3.05) is 31.2 Å². The Morgan fingerprint density at radius 1 is 0.880 bits per heavy atom. The van der Waals surface area contributed by atoms with Crippen LogP contribution in [-0.4, -0.2) is 42.2 Å². The summed E-state index contributed by atoms with van der Waals surface area (Å²) in [6.07, 6.45) is 10.2. The molecule has 0 bridgehead atoms. The lowest BCUT2D eigenvalue weighted by atomic mass is 9.79. The Kier molecular flexibility index (Phi) is 3.63. The van der Waals surface area contributed by atoms with Crippen LogP contribution in [0, 0.1) is 5.41 Å². The maximum Gasteiger partial charge on any atom is 0.168 e. The molecule has 1 aromatic rings. The zero-order chi connectivity index (χ0) is 17.0. The summed E-state index contributed by atoms with van der Waals surface area (Å²) in [5, 5.41) is 11.1. The van der Waals surface area contributed by atoms with Gasteiger partial charge in [0.05, 0.1) is 30.8 Å². The molecular weight excluding hydrogens is 316 g/mol. The molecule has 5 rings (SSSR count). The van der Waals surface area contributed by atoms with Gasteiger partial charge in [-0.15, -0.1) is 0 Å². The van der Waals surface area contributed by atoms with Crippen molar-refractivity contribution >= 4 is 5.69 Å². The minimum atomic E-state index is -0.848. The molecule has 4 aliphatic rings. The molecular formula is C20H28N2O3. The van der Waals surface area contributed by atoms with Crippen molar-refractivity contribution in [1.82, 2.24) is 4.98 Å². The van der Waals surface area contributed by atoms with Gasteiger partial charge in [-0.2, -0.15) is 0 Å². The van der Waals surface area contributed by atoms with Crippen molar-refractivity contribution in [3.05, 3.63) is 24.0 Å². The molecule has 1 aromatic heterocycles. The fourth-order valence-electron chi connectivity index (χ4n) is 4.85. The number of anilines is 1. The highest BCUT2D eigenvalue weighted by molar-refractivity contribution is 5.46. The summed E-state index contributed by atoms with van der Waals surface area (Å²) in [5.41, 5.74) is 1.83. The normalized spacial score (nSPS) is 29.2. The van der Waals surface area contributed by atoms with Crippen molar-refractivity contribution in [1.29, 1.82) is 0 Å². The molecule has 4 fully saturated rings. The highest BCUT2D eigenvalue weighted by Gasteiger charge is 2.47. The minimum absolute atomic E-state index is 0.446. The number of hydrogen-bond acceptors (Lipinski definition) is 5. The average molecular weight is 344 g/mol. The Hall–Kier alpha value is -1.17. The van der Waals surface area contributed by atoms with Crippen LogP contribution in [-0.2, 0) is 15.1 Å². The smallest absolute Gasteiger partial charge is 0.168 e. The summed E-state index contributed by atoms with van der Waals surface area (Å²) in [6.45, 7) is 3.62. The van der Waals surface area contributed by atoms with Crippen LogP contribution in [0.5, 0.6) is 0 Å². The highest BCUT2D eigenvalue weighted by Crippen LogP contribution is 2.54. The molecule has 3 heterocycles. The van der Waals surface area contributed by atoms with E-state index >= 15 is 0 Å². The second-order valence-corrected chi connectivity index (χ2v) is 8.53. The molecule has 0 aromatic carbocycles. The predicted octanol–water partition coefficient (Wildman–Crippen LogP) is 2.97. The summed E-state index contributed by atoms with van der Waals surface area (Å²) in [7, 11) is 0. The largest absolute Gasteiger partial charge is 0.384 e. The van der Waals surface area contributed by atoms with E-state index < -0.39 is 11.4 Å². The van der Waals surface area contributed by atoms with Crippen molar-refractivity contribution < 1.29 is 14.6 Å². The van der Waals surface area contributed by atoms with Crippen molar-refractivity contribution in [2.45, 2.75) is 62.8 Å². The third-order valence-electron chi connectivity index (χ3n) is 7.02. The highest BCUT2D eigenvalue weighted by atomic mass is 16.7. The molecule has 5 heteroatoms. The third-order valence-corrected chi connectivity index (χ3v) is 7.02. The van der Waals surface area contributed by atoms with E-state index in [-0.39, 0.29) is 0 Å². The number of rotatable bonds is 2. The van der Waals surface area contributed by atoms with Gasteiger partial charge in [0, 0.05) is 25.9 Å². The molecule has 136 valence electrons. The first-order valence-corrected chi connectivity index (χ1v) is 9.82. The van der Waals surface area contributed by atoms with Gasteiger partial charge < -0.3 is 19.5 Å². The molecule has 2 aliphatic carbocycles. The number of ether oxygens (including phenoxy) is 2. The molecule has 2 saturated carbocycles. The van der Waals surface area contributed by atoms with Gasteiger partial charge in [-0.3, -0.25) is 4.98 Å². The lowest BCUT2D eigenvalue weighted by Crippen LogP contribution is -2.42. The zero-order valence-corrected chi connectivity index (χ0v) is 14.9. The predicted molar refractivity (Wildman–Crippen MR) is 94.4 cm³/mol. The molecule has 0 amide bonds. The second-order valence-electron chi connectivity index (χ2n) is 8.53. The summed E-state index contributed by atoms with van der Waals surface area (Å²) >= 11 is 0. The number of aliphatic hydroxyl groups is 1. The average Bonchev–Trinajstić information content (AvgIpc) is 3.25. The Morgan fingerprint density at radius 3 is 2.12 bits per heavy atom. The van der Waals surface area contributed by atoms with Gasteiger partial charge in [0.25, 0.3) is 0 Å². The van der Waals surface area contributed by atoms with E-state index in [0.717, 1.165) is 31.6 Å². The summed E-state index contributed by atoms with van der Waals surface area (Å²) < 4.78 is 11.5. The first-order chi connectivity index (χ1) is 12.1. The molecule has 1 N–H and O–H groups in total. The molecule has 0 atom stereocenters. The van der Waals surface area contributed by atoms with Crippen LogP contribution < -0.4 is 4.90 Å². The maximum atomic E-state index is 11.1. The fourth-order valence-corrected chi connectivity index (χ4v) is 4.85. The van der Waals surface area contributed by atoms with E-state index in [1.165, 1.54) is 31.4 Å². The van der Waals surface area contributed by atoms with E-state index in [1.807, 2.05) is 12.3 Å². The van der Waals surface area contributed by atoms with E-state index in [9.17, 15) is 5.11 Å². The molecule has 2 spiro atoms. The topological polar surface area (TPSA) is 54.8 Å². The van der Waals surface area contributed by atoms with Gasteiger partial charge in [0.2, 0.25) is 0 Å². The summed E-state index contributed by atoms with van der Waals surface area (Å²) in [6, 6.07) is 4.16. The standard InChI is InChI=1S/C20H28N2O3/c23-19(5-7-20(8-6-19)24-13-14-25-20)17-2-1-16(15-21-17)22-11-9-18(3-4-18)10-12-22/h1-2,15,23H,3-14H2. The van der Waals surface area contributed by atoms with Crippen LogP contribution in [0.4, 0.5) is 5.69 Å². The van der Waals surface area contributed by atoms with Gasteiger partial charge in [-0.25, -0.2) is 0 Å². The Balaban J connectivity index is 1.25. The van der Waals surface area contributed by atoms with Crippen LogP contribution in [0.25, 0.3) is 0 Å². The molecule has 2 saturated heterocycles. The van der Waals surface area contributed by atoms with Gasteiger partial charge >= 0.3 is 0 Å². The van der Waals surface area contributed by atoms with E-state index in [2.05, 4.69) is 16.0 Å². The van der Waals surface area contributed by atoms with Gasteiger partial charge in [0.1, 0.15) is 5.60 Å². The fraction of sp³-hybridized carbons (Fsp3) is 0.750. The van der Waals surface area contributed by atoms with Crippen molar-refractivity contribution in [3.63, 3.8) is 0 Å². The number of piperidine rings is 1. The first kappa shape index (κ1) is 16.0. The minimum Gasteiger partial charge on any atom is -0.384 e. The van der Waals surface area contributed by atoms with Crippen molar-refractivity contribution in [3.8, 4) is 0 Å². The molecule has 0 radical (unpaired) electrons. The SMILES string of the molecule is OC1(c2ccc(N3CCC4(CC3)CC4)cn2)CCC2(CC1)OCCO2. The van der Waals surface area contributed by atoms with Gasteiger partial charge in [-0.05, 0) is 56.1 Å². The zero-order valence-electron chi connectivity index (χ0n) is 14.9. The van der Waals surface area contributed by atoms with Gasteiger partial charge in [0.15, 0.2) is 5.79 Å². The molecule has 0 unspecified atom stereocenters. The van der Waals surface area contributed by atoms with Gasteiger partial charge in [-0.1, -0.05) is 0 Å². The van der Waals surface area contributed by atoms with E-state index in [1.54, 1.807) is 0 Å². The first-order valence-electron chi connectivity index (χ1n) is 9.82. The Morgan fingerprint density at radius 2 is 1.56 bits per heavy atom. The maximum absolute atomic E-state index is 11.1. The lowest BCUT2D eigenvalue weighted by Gasteiger charge is -2.40.